The molecule has 3 heterocycles. The fourth-order valence-electron chi connectivity index (χ4n) is 3.70. The fourth-order valence-corrected chi connectivity index (χ4v) is 5.23. The van der Waals surface area contributed by atoms with Crippen molar-refractivity contribution >= 4 is 42.7 Å². The van der Waals surface area contributed by atoms with E-state index in [1.165, 1.54) is 0 Å². The molecule has 2 aromatic carbocycles. The molecule has 5 rings (SSSR count). The number of hydrogen-bond donors (Lipinski definition) is 0. The van der Waals surface area contributed by atoms with Crippen LogP contribution in [0.4, 0.5) is 0 Å². The first-order chi connectivity index (χ1) is 14.8. The van der Waals surface area contributed by atoms with E-state index in [9.17, 15) is 8.42 Å². The van der Waals surface area contributed by atoms with E-state index in [1.807, 2.05) is 25.1 Å². The number of hydrogen-bond acceptors (Lipinski definition) is 9. The van der Waals surface area contributed by atoms with Gasteiger partial charge in [0.05, 0.1) is 40.8 Å². The lowest BCUT2D eigenvalue weighted by Gasteiger charge is -2.09. The van der Waals surface area contributed by atoms with Crippen molar-refractivity contribution in [1.82, 2.24) is 15.0 Å². The van der Waals surface area contributed by atoms with Crippen molar-refractivity contribution in [2.45, 2.75) is 19.4 Å². The van der Waals surface area contributed by atoms with Gasteiger partial charge in [0.2, 0.25) is 5.88 Å². The second kappa shape index (κ2) is 7.40. The van der Waals surface area contributed by atoms with Gasteiger partial charge >= 0.3 is 0 Å². The van der Waals surface area contributed by atoms with Gasteiger partial charge < -0.3 is 9.47 Å². The minimum atomic E-state index is -3.51. The number of nitrogens with zero attached hydrogens (tertiary/aromatic N) is 3. The first-order valence-corrected chi connectivity index (χ1v) is 12.2. The highest BCUT2D eigenvalue weighted by atomic mass is 32.2. The number of methoxy groups -OCH3 is 1. The molecule has 0 amide bonds. The monoisotopic (exact) mass is 457 g/mol. The summed E-state index contributed by atoms with van der Waals surface area (Å²) >= 11 is 1.57. The maximum atomic E-state index is 11.3. The molecule has 0 fully saturated rings. The van der Waals surface area contributed by atoms with Gasteiger partial charge in [-0.1, -0.05) is 0 Å². The van der Waals surface area contributed by atoms with Crippen LogP contribution in [0.5, 0.6) is 11.6 Å². The molecule has 0 unspecified atom stereocenters. The van der Waals surface area contributed by atoms with Crippen molar-refractivity contribution in [3.8, 4) is 22.2 Å². The number of benzene rings is 2. The third kappa shape index (κ3) is 3.82. The summed E-state index contributed by atoms with van der Waals surface area (Å²) in [7, 11) is -1.95. The molecule has 0 N–H and O–H groups in total. The van der Waals surface area contributed by atoms with Crippen LogP contribution in [0.3, 0.4) is 0 Å². The Balaban J connectivity index is 1.56. The molecule has 2 aromatic heterocycles. The Morgan fingerprint density at radius 2 is 2.06 bits per heavy atom. The number of aryl methyl sites for hydroxylation is 1. The van der Waals surface area contributed by atoms with E-state index in [0.717, 1.165) is 55.0 Å². The third-order valence-electron chi connectivity index (χ3n) is 5.02. The van der Waals surface area contributed by atoms with Crippen LogP contribution in [-0.2, 0) is 20.7 Å². The summed E-state index contributed by atoms with van der Waals surface area (Å²) in [5, 5.41) is 0.840. The molecular weight excluding hydrogens is 438 g/mol. The maximum absolute atomic E-state index is 11.3. The molecule has 1 aliphatic rings. The van der Waals surface area contributed by atoms with Gasteiger partial charge in [-0.05, 0) is 36.8 Å². The second-order valence-corrected chi connectivity index (χ2v) is 10.1. The zero-order chi connectivity index (χ0) is 21.8. The Kier molecular flexibility index (Phi) is 4.80. The molecule has 10 heteroatoms. The van der Waals surface area contributed by atoms with Crippen LogP contribution < -0.4 is 9.47 Å². The number of thiazole rings is 1. The van der Waals surface area contributed by atoms with Gasteiger partial charge in [-0.2, -0.15) is 8.42 Å². The van der Waals surface area contributed by atoms with Crippen molar-refractivity contribution in [2.24, 2.45) is 0 Å². The summed E-state index contributed by atoms with van der Waals surface area (Å²) in [6, 6.07) is 7.82. The molecule has 0 saturated heterocycles. The van der Waals surface area contributed by atoms with Gasteiger partial charge in [0, 0.05) is 17.5 Å². The van der Waals surface area contributed by atoms with Crippen molar-refractivity contribution in [3.05, 3.63) is 41.6 Å². The summed E-state index contributed by atoms with van der Waals surface area (Å²) in [5.41, 5.74) is 5.36. The predicted octanol–water partition coefficient (Wildman–Crippen LogP) is 3.50. The quantitative estimate of drug-likeness (QED) is 0.420. The predicted molar refractivity (Wildman–Crippen MR) is 118 cm³/mol. The molecule has 0 bridgehead atoms. The summed E-state index contributed by atoms with van der Waals surface area (Å²) in [6.07, 6.45) is 2.86. The summed E-state index contributed by atoms with van der Waals surface area (Å²) in [5.74, 6) is 1.20. The lowest BCUT2D eigenvalue weighted by Crippen LogP contribution is -2.22. The van der Waals surface area contributed by atoms with E-state index >= 15 is 0 Å². The van der Waals surface area contributed by atoms with Gasteiger partial charge in [-0.25, -0.2) is 15.0 Å². The number of fused-ring (bicyclic) bond motifs is 4. The van der Waals surface area contributed by atoms with Gasteiger partial charge in [-0.3, -0.25) is 4.18 Å². The highest BCUT2D eigenvalue weighted by Gasteiger charge is 2.28. The molecular formula is C21H19N3O5S2. The van der Waals surface area contributed by atoms with Crippen molar-refractivity contribution in [1.29, 1.82) is 0 Å². The lowest BCUT2D eigenvalue weighted by molar-refractivity contribution is 0.153. The largest absolute Gasteiger partial charge is 0.487 e. The van der Waals surface area contributed by atoms with E-state index in [2.05, 4.69) is 16.0 Å². The normalized spacial score (nSPS) is 15.9. The lowest BCUT2D eigenvalue weighted by atomic mass is 10.1. The van der Waals surface area contributed by atoms with E-state index < -0.39 is 10.1 Å². The molecule has 0 saturated carbocycles. The summed E-state index contributed by atoms with van der Waals surface area (Å²) < 4.78 is 39.6. The van der Waals surface area contributed by atoms with Crippen LogP contribution in [0.15, 0.2) is 30.5 Å². The Bertz CT molecular complexity index is 1430. The van der Waals surface area contributed by atoms with E-state index in [-0.39, 0.29) is 12.7 Å². The maximum Gasteiger partial charge on any atom is 0.264 e. The number of ether oxygens (including phenoxy) is 2. The molecule has 1 atom stereocenters. The first kappa shape index (κ1) is 20.1. The van der Waals surface area contributed by atoms with Gasteiger partial charge in [0.25, 0.3) is 10.1 Å². The molecule has 31 heavy (non-hydrogen) atoms. The Morgan fingerprint density at radius 3 is 2.84 bits per heavy atom. The SMILES string of the molecule is COc1cnc2c(-c3nc4ccc5c(c4s3)C[C@@H](COS(C)(=O)=O)O5)cc(C)cc2n1. The van der Waals surface area contributed by atoms with Gasteiger partial charge in [0.1, 0.15) is 23.5 Å². The molecule has 0 spiro atoms. The molecule has 1 aliphatic heterocycles. The summed E-state index contributed by atoms with van der Waals surface area (Å²) in [6.45, 7) is 2.00. The van der Waals surface area contributed by atoms with E-state index in [4.69, 9.17) is 18.6 Å². The van der Waals surface area contributed by atoms with E-state index in [0.29, 0.717) is 12.3 Å². The summed E-state index contributed by atoms with van der Waals surface area (Å²) in [4.78, 5) is 13.9. The fraction of sp³-hybridized carbons (Fsp3) is 0.286. The topological polar surface area (TPSA) is 101 Å². The number of aromatic nitrogens is 3. The standard InChI is InChI=1S/C21H19N3O5S2/c1-11-6-14(19-16(7-11)23-18(27-2)9-22-19)21-24-15-4-5-17-13(20(15)30-21)8-12(29-17)10-28-31(3,25)26/h4-7,9,12H,8,10H2,1-3H3/t12-/m0/s1. The zero-order valence-corrected chi connectivity index (χ0v) is 18.7. The Morgan fingerprint density at radius 1 is 1.23 bits per heavy atom. The molecule has 4 aromatic rings. The van der Waals surface area contributed by atoms with Crippen molar-refractivity contribution < 1.29 is 22.1 Å². The molecule has 8 nitrogen and oxygen atoms in total. The first-order valence-electron chi connectivity index (χ1n) is 9.56. The smallest absolute Gasteiger partial charge is 0.264 e. The van der Waals surface area contributed by atoms with Crippen LogP contribution in [0.2, 0.25) is 0 Å². The zero-order valence-electron chi connectivity index (χ0n) is 17.1. The average Bonchev–Trinajstić information content (AvgIpc) is 3.34. The minimum Gasteiger partial charge on any atom is -0.487 e. The van der Waals surface area contributed by atoms with E-state index in [1.54, 1.807) is 24.6 Å². The van der Waals surface area contributed by atoms with Crippen molar-refractivity contribution in [2.75, 3.05) is 20.0 Å². The van der Waals surface area contributed by atoms with Crippen LogP contribution in [0, 0.1) is 6.92 Å². The molecule has 0 aliphatic carbocycles. The van der Waals surface area contributed by atoms with Crippen LogP contribution in [0.25, 0.3) is 31.8 Å². The van der Waals surface area contributed by atoms with Gasteiger partial charge in [-0.15, -0.1) is 11.3 Å². The van der Waals surface area contributed by atoms with Gasteiger partial charge in [0.15, 0.2) is 0 Å². The number of rotatable bonds is 5. The second-order valence-electron chi connectivity index (χ2n) is 7.43. The molecule has 160 valence electrons. The van der Waals surface area contributed by atoms with Crippen LogP contribution >= 0.6 is 11.3 Å². The van der Waals surface area contributed by atoms with Crippen LogP contribution in [0.1, 0.15) is 11.1 Å². The Hall–Kier alpha value is -2.82. The highest BCUT2D eigenvalue weighted by Crippen LogP contribution is 2.41. The average molecular weight is 458 g/mol. The van der Waals surface area contributed by atoms with Crippen LogP contribution in [-0.4, -0.2) is 49.4 Å². The Labute approximate surface area is 183 Å². The highest BCUT2D eigenvalue weighted by molar-refractivity contribution is 7.85. The minimum absolute atomic E-state index is 0.0133. The van der Waals surface area contributed by atoms with Crippen molar-refractivity contribution in [3.63, 3.8) is 0 Å². The molecule has 0 radical (unpaired) electrons. The third-order valence-corrected chi connectivity index (χ3v) is 6.75.